The maximum absolute atomic E-state index is 15.1. The number of rotatable bonds is 4. The summed E-state index contributed by atoms with van der Waals surface area (Å²) in [7, 11) is 0. The van der Waals surface area contributed by atoms with Gasteiger partial charge in [-0.15, -0.1) is 0 Å². The number of nitriles is 1. The summed E-state index contributed by atoms with van der Waals surface area (Å²) in [5.41, 5.74) is 1.71. The smallest absolute Gasteiger partial charge is 0.362 e. The third-order valence-electron chi connectivity index (χ3n) is 5.46. The highest BCUT2D eigenvalue weighted by Crippen LogP contribution is 2.41. The molecular weight excluding hydrogens is 404 g/mol. The van der Waals surface area contributed by atoms with Crippen LogP contribution < -0.4 is 4.90 Å². The molecular formula is C25H24F4N2. The zero-order valence-corrected chi connectivity index (χ0v) is 17.9. The molecule has 3 rings (SSSR count). The van der Waals surface area contributed by atoms with Gasteiger partial charge in [-0.2, -0.15) is 18.4 Å². The van der Waals surface area contributed by atoms with E-state index in [0.717, 1.165) is 41.9 Å². The van der Waals surface area contributed by atoms with Crippen molar-refractivity contribution in [2.24, 2.45) is 0 Å². The summed E-state index contributed by atoms with van der Waals surface area (Å²) >= 11 is 0. The van der Waals surface area contributed by atoms with Gasteiger partial charge in [0.05, 0.1) is 22.7 Å². The highest BCUT2D eigenvalue weighted by atomic mass is 19.4. The molecule has 2 nitrogen and oxygen atoms in total. The highest BCUT2D eigenvalue weighted by molar-refractivity contribution is 5.91. The van der Waals surface area contributed by atoms with Crippen molar-refractivity contribution < 1.29 is 17.6 Å². The molecule has 31 heavy (non-hydrogen) atoms. The van der Waals surface area contributed by atoms with E-state index in [2.05, 4.69) is 31.7 Å². The molecule has 6 heteroatoms. The molecule has 0 bridgehead atoms. The summed E-state index contributed by atoms with van der Waals surface area (Å²) < 4.78 is 54.2. The van der Waals surface area contributed by atoms with Gasteiger partial charge in [-0.05, 0) is 68.7 Å². The topological polar surface area (TPSA) is 27.0 Å². The van der Waals surface area contributed by atoms with Crippen molar-refractivity contribution in [1.82, 2.24) is 0 Å². The fourth-order valence-electron chi connectivity index (χ4n) is 4.06. The Bertz CT molecular complexity index is 1100. The van der Waals surface area contributed by atoms with Crippen molar-refractivity contribution in [3.63, 3.8) is 0 Å². The molecule has 0 amide bonds. The van der Waals surface area contributed by atoms with Crippen LogP contribution in [0.4, 0.5) is 23.2 Å². The maximum atomic E-state index is 15.1. The van der Waals surface area contributed by atoms with Crippen LogP contribution in [0.1, 0.15) is 56.4 Å². The third kappa shape index (κ3) is 4.51. The minimum absolute atomic E-state index is 0.0341. The second kappa shape index (κ2) is 8.22. The van der Waals surface area contributed by atoms with Crippen molar-refractivity contribution in [2.75, 3.05) is 11.4 Å². The van der Waals surface area contributed by atoms with Crippen molar-refractivity contribution in [3.8, 4) is 6.07 Å². The van der Waals surface area contributed by atoms with Gasteiger partial charge < -0.3 is 4.90 Å². The maximum Gasteiger partial charge on any atom is 0.416 e. The number of hydrogen-bond acceptors (Lipinski definition) is 2. The minimum Gasteiger partial charge on any atom is -0.362 e. The molecule has 0 unspecified atom stereocenters. The Morgan fingerprint density at radius 2 is 1.90 bits per heavy atom. The monoisotopic (exact) mass is 428 g/mol. The van der Waals surface area contributed by atoms with Gasteiger partial charge in [0.2, 0.25) is 0 Å². The van der Waals surface area contributed by atoms with Crippen molar-refractivity contribution in [3.05, 3.63) is 70.5 Å². The number of allylic oxidation sites excluding steroid dienone is 2. The van der Waals surface area contributed by atoms with Gasteiger partial charge in [0.25, 0.3) is 0 Å². The predicted molar refractivity (Wildman–Crippen MR) is 117 cm³/mol. The summed E-state index contributed by atoms with van der Waals surface area (Å²) in [6.07, 6.45) is -0.199. The van der Waals surface area contributed by atoms with Gasteiger partial charge in [-0.3, -0.25) is 0 Å². The minimum atomic E-state index is -4.52. The summed E-state index contributed by atoms with van der Waals surface area (Å²) in [6, 6.07) is 9.53. The van der Waals surface area contributed by atoms with Gasteiger partial charge in [0.15, 0.2) is 0 Å². The van der Waals surface area contributed by atoms with E-state index in [4.69, 9.17) is 0 Å². The van der Waals surface area contributed by atoms with E-state index in [9.17, 15) is 18.4 Å². The van der Waals surface area contributed by atoms with E-state index < -0.39 is 17.6 Å². The molecule has 1 aliphatic heterocycles. The van der Waals surface area contributed by atoms with Crippen LogP contribution in [0.15, 0.2) is 42.5 Å². The molecule has 0 aliphatic carbocycles. The van der Waals surface area contributed by atoms with Gasteiger partial charge in [0.1, 0.15) is 5.82 Å². The van der Waals surface area contributed by atoms with E-state index in [1.165, 1.54) is 24.3 Å². The number of benzene rings is 2. The third-order valence-corrected chi connectivity index (χ3v) is 5.46. The number of fused-ring (bicyclic) bond motifs is 1. The molecule has 1 aliphatic rings. The zero-order chi connectivity index (χ0) is 23.0. The van der Waals surface area contributed by atoms with Crippen LogP contribution in [-0.2, 0) is 6.18 Å². The second-order valence-electron chi connectivity index (χ2n) is 8.27. The quantitative estimate of drug-likeness (QED) is 0.290. The SMILES string of the molecule is CCCN1c2cc(F)c(/C=C(\C#N)c3cccc(C(F)(F)F)c3)cc2C(C)=CC1(C)C. The summed E-state index contributed by atoms with van der Waals surface area (Å²) in [5, 5.41) is 9.55. The van der Waals surface area contributed by atoms with Crippen LogP contribution in [0.25, 0.3) is 17.2 Å². The largest absolute Gasteiger partial charge is 0.416 e. The van der Waals surface area contributed by atoms with Crippen molar-refractivity contribution in [1.29, 1.82) is 5.26 Å². The van der Waals surface area contributed by atoms with Gasteiger partial charge in [-0.1, -0.05) is 25.1 Å². The van der Waals surface area contributed by atoms with Gasteiger partial charge >= 0.3 is 6.18 Å². The molecule has 0 N–H and O–H groups in total. The lowest BCUT2D eigenvalue weighted by atomic mass is 9.87. The molecule has 0 spiro atoms. The first-order chi connectivity index (χ1) is 14.5. The van der Waals surface area contributed by atoms with Crippen LogP contribution in [0, 0.1) is 17.1 Å². The number of anilines is 1. The predicted octanol–water partition coefficient (Wildman–Crippen LogP) is 7.32. The number of hydrogen-bond donors (Lipinski definition) is 0. The molecule has 0 fully saturated rings. The Morgan fingerprint density at radius 3 is 2.52 bits per heavy atom. The molecule has 1 heterocycles. The average molecular weight is 428 g/mol. The molecule has 0 radical (unpaired) electrons. The Labute approximate surface area is 180 Å². The van der Waals surface area contributed by atoms with E-state index in [0.29, 0.717) is 0 Å². The first-order valence-corrected chi connectivity index (χ1v) is 10.1. The lowest BCUT2D eigenvalue weighted by Gasteiger charge is -2.43. The van der Waals surface area contributed by atoms with E-state index in [1.807, 2.05) is 13.0 Å². The Balaban J connectivity index is 2.12. The average Bonchev–Trinajstić information content (AvgIpc) is 2.69. The lowest BCUT2D eigenvalue weighted by molar-refractivity contribution is -0.137. The van der Waals surface area contributed by atoms with Crippen LogP contribution in [0.2, 0.25) is 0 Å². The van der Waals surface area contributed by atoms with Crippen LogP contribution in [0.3, 0.4) is 0 Å². The van der Waals surface area contributed by atoms with E-state index in [-0.39, 0.29) is 22.2 Å². The fourth-order valence-corrected chi connectivity index (χ4v) is 4.06. The summed E-state index contributed by atoms with van der Waals surface area (Å²) in [4.78, 5) is 2.14. The lowest BCUT2D eigenvalue weighted by Crippen LogP contribution is -2.45. The van der Waals surface area contributed by atoms with Gasteiger partial charge in [0, 0.05) is 23.4 Å². The summed E-state index contributed by atoms with van der Waals surface area (Å²) in [5.74, 6) is -0.523. The Hall–Kier alpha value is -3.07. The second-order valence-corrected chi connectivity index (χ2v) is 8.27. The first-order valence-electron chi connectivity index (χ1n) is 10.1. The number of nitrogens with zero attached hydrogens (tertiary/aromatic N) is 2. The molecule has 0 saturated heterocycles. The van der Waals surface area contributed by atoms with E-state index in [1.54, 1.807) is 6.07 Å². The van der Waals surface area contributed by atoms with Crippen LogP contribution in [0.5, 0.6) is 0 Å². The van der Waals surface area contributed by atoms with E-state index >= 15 is 4.39 Å². The van der Waals surface area contributed by atoms with Crippen LogP contribution in [-0.4, -0.2) is 12.1 Å². The first kappa shape index (κ1) is 22.6. The van der Waals surface area contributed by atoms with Gasteiger partial charge in [-0.25, -0.2) is 4.39 Å². The molecule has 2 aromatic rings. The summed E-state index contributed by atoms with van der Waals surface area (Å²) in [6.45, 7) is 8.91. The van der Waals surface area contributed by atoms with Crippen molar-refractivity contribution in [2.45, 2.75) is 45.8 Å². The highest BCUT2D eigenvalue weighted by Gasteiger charge is 2.32. The molecule has 162 valence electrons. The van der Waals surface area contributed by atoms with Crippen LogP contribution >= 0.6 is 0 Å². The fraction of sp³-hybridized carbons (Fsp3) is 0.320. The molecule has 0 atom stereocenters. The Morgan fingerprint density at radius 1 is 1.19 bits per heavy atom. The molecule has 0 saturated carbocycles. The Kier molecular flexibility index (Phi) is 6.00. The number of halogens is 4. The standard InChI is InChI=1S/C25H24F4N2/c1-5-9-31-23-13-22(26)18(12-21(23)16(2)14-24(31,3)4)10-19(15-30)17-7-6-8-20(11-17)25(27,28)29/h6-8,10-14H,5,9H2,1-4H3/b19-10+. The molecule has 2 aromatic carbocycles. The normalized spacial score (nSPS) is 15.9. The number of alkyl halides is 3. The van der Waals surface area contributed by atoms with Crippen molar-refractivity contribution >= 4 is 22.9 Å². The zero-order valence-electron chi connectivity index (χ0n) is 17.9. The molecule has 0 aromatic heterocycles.